The van der Waals surface area contributed by atoms with Gasteiger partial charge in [0.1, 0.15) is 11.8 Å². The molecule has 2 rings (SSSR count). The lowest BCUT2D eigenvalue weighted by Crippen LogP contribution is -1.98. The molecule has 90 valence electrons. The van der Waals surface area contributed by atoms with Crippen LogP contribution in [-0.4, -0.2) is 14.8 Å². The molecule has 0 unspecified atom stereocenters. The summed E-state index contributed by atoms with van der Waals surface area (Å²) in [7, 11) is 1.79. The molecule has 2 aromatic rings. The number of pyridine rings is 1. The Labute approximate surface area is 109 Å². The standard InChI is InChI=1S/C11H11Cl2N3O/c1-7-8(11(13)16(2)15-7)6-17-9-4-3-5-14-10(9)12/h3-5H,6H2,1-2H3. The van der Waals surface area contributed by atoms with Gasteiger partial charge in [0.25, 0.3) is 0 Å². The van der Waals surface area contributed by atoms with Gasteiger partial charge in [-0.2, -0.15) is 5.10 Å². The molecule has 0 aliphatic rings. The van der Waals surface area contributed by atoms with E-state index in [1.165, 1.54) is 0 Å². The van der Waals surface area contributed by atoms with Crippen LogP contribution in [0.4, 0.5) is 0 Å². The Morgan fingerprint density at radius 1 is 1.41 bits per heavy atom. The molecule has 0 fully saturated rings. The Morgan fingerprint density at radius 2 is 2.18 bits per heavy atom. The van der Waals surface area contributed by atoms with Gasteiger partial charge in [-0.1, -0.05) is 23.2 Å². The highest BCUT2D eigenvalue weighted by Gasteiger charge is 2.12. The maximum atomic E-state index is 6.09. The first-order valence-corrected chi connectivity index (χ1v) is 5.76. The zero-order valence-corrected chi connectivity index (χ0v) is 11.0. The largest absolute Gasteiger partial charge is 0.485 e. The Bertz CT molecular complexity index is 540. The third kappa shape index (κ3) is 2.53. The maximum absolute atomic E-state index is 6.09. The minimum Gasteiger partial charge on any atom is -0.485 e. The van der Waals surface area contributed by atoms with Crippen LogP contribution < -0.4 is 4.74 Å². The average molecular weight is 272 g/mol. The molecular weight excluding hydrogens is 261 g/mol. The van der Waals surface area contributed by atoms with Gasteiger partial charge < -0.3 is 4.74 Å². The van der Waals surface area contributed by atoms with Crippen molar-refractivity contribution in [1.29, 1.82) is 0 Å². The highest BCUT2D eigenvalue weighted by molar-refractivity contribution is 6.31. The van der Waals surface area contributed by atoms with E-state index in [2.05, 4.69) is 10.1 Å². The fraction of sp³-hybridized carbons (Fsp3) is 0.273. The summed E-state index contributed by atoms with van der Waals surface area (Å²) in [5.74, 6) is 0.536. The summed E-state index contributed by atoms with van der Waals surface area (Å²) in [6, 6.07) is 3.52. The van der Waals surface area contributed by atoms with Crippen molar-refractivity contribution in [3.8, 4) is 5.75 Å². The SMILES string of the molecule is Cc1nn(C)c(Cl)c1COc1cccnc1Cl. The van der Waals surface area contributed by atoms with E-state index in [1.807, 2.05) is 6.92 Å². The van der Waals surface area contributed by atoms with E-state index in [0.29, 0.717) is 22.7 Å². The minimum atomic E-state index is 0.323. The van der Waals surface area contributed by atoms with Gasteiger partial charge in [-0.05, 0) is 19.1 Å². The van der Waals surface area contributed by atoms with Crippen LogP contribution in [0.5, 0.6) is 5.75 Å². The Hall–Kier alpha value is -1.26. The van der Waals surface area contributed by atoms with Gasteiger partial charge in [0, 0.05) is 18.8 Å². The fourth-order valence-electron chi connectivity index (χ4n) is 1.47. The molecule has 0 aliphatic heterocycles. The second kappa shape index (κ2) is 4.94. The molecule has 0 saturated heterocycles. The molecule has 0 bridgehead atoms. The summed E-state index contributed by atoms with van der Waals surface area (Å²) in [5.41, 5.74) is 1.70. The van der Waals surface area contributed by atoms with Gasteiger partial charge in [-0.15, -0.1) is 0 Å². The maximum Gasteiger partial charge on any atom is 0.171 e. The highest BCUT2D eigenvalue weighted by Crippen LogP contribution is 2.24. The van der Waals surface area contributed by atoms with Crippen molar-refractivity contribution in [3.63, 3.8) is 0 Å². The molecule has 0 N–H and O–H groups in total. The molecule has 2 aromatic heterocycles. The van der Waals surface area contributed by atoms with E-state index in [4.69, 9.17) is 27.9 Å². The van der Waals surface area contributed by atoms with Crippen LogP contribution in [-0.2, 0) is 13.7 Å². The molecule has 0 aromatic carbocycles. The molecule has 0 saturated carbocycles. The van der Waals surface area contributed by atoms with Crippen LogP contribution in [0.25, 0.3) is 0 Å². The van der Waals surface area contributed by atoms with Crippen LogP contribution in [0.2, 0.25) is 10.3 Å². The molecule has 0 amide bonds. The molecule has 0 radical (unpaired) electrons. The number of hydrogen-bond donors (Lipinski definition) is 0. The number of hydrogen-bond acceptors (Lipinski definition) is 3. The zero-order chi connectivity index (χ0) is 12.4. The third-order valence-electron chi connectivity index (χ3n) is 2.37. The number of ether oxygens (including phenoxy) is 1. The first-order chi connectivity index (χ1) is 8.09. The van der Waals surface area contributed by atoms with Crippen LogP contribution in [0.1, 0.15) is 11.3 Å². The number of rotatable bonds is 3. The second-order valence-electron chi connectivity index (χ2n) is 3.56. The van der Waals surface area contributed by atoms with Gasteiger partial charge in [-0.3, -0.25) is 4.68 Å². The van der Waals surface area contributed by atoms with Crippen molar-refractivity contribution in [2.24, 2.45) is 7.05 Å². The van der Waals surface area contributed by atoms with E-state index in [-0.39, 0.29) is 0 Å². The summed E-state index contributed by atoms with van der Waals surface area (Å²) in [6.45, 7) is 2.21. The first kappa shape index (κ1) is 12.2. The number of halogens is 2. The summed E-state index contributed by atoms with van der Waals surface area (Å²) in [6.07, 6.45) is 1.61. The summed E-state index contributed by atoms with van der Waals surface area (Å²) < 4.78 is 7.18. The van der Waals surface area contributed by atoms with Gasteiger partial charge in [-0.25, -0.2) is 4.98 Å². The Balaban J connectivity index is 2.15. The predicted molar refractivity (Wildman–Crippen MR) is 66.5 cm³/mol. The zero-order valence-electron chi connectivity index (χ0n) is 9.44. The van der Waals surface area contributed by atoms with E-state index in [9.17, 15) is 0 Å². The van der Waals surface area contributed by atoms with Crippen LogP contribution in [0.3, 0.4) is 0 Å². The molecule has 17 heavy (non-hydrogen) atoms. The topological polar surface area (TPSA) is 39.9 Å². The Morgan fingerprint density at radius 3 is 2.76 bits per heavy atom. The van der Waals surface area contributed by atoms with Crippen molar-refractivity contribution in [2.75, 3.05) is 0 Å². The van der Waals surface area contributed by atoms with Crippen molar-refractivity contribution in [1.82, 2.24) is 14.8 Å². The molecule has 6 heteroatoms. The molecule has 0 spiro atoms. The van der Waals surface area contributed by atoms with E-state index >= 15 is 0 Å². The van der Waals surface area contributed by atoms with Crippen molar-refractivity contribution in [2.45, 2.75) is 13.5 Å². The quantitative estimate of drug-likeness (QED) is 0.806. The molecule has 0 aliphatic carbocycles. The predicted octanol–water partition coefficient (Wildman–Crippen LogP) is 3.01. The molecule has 2 heterocycles. The van der Waals surface area contributed by atoms with Gasteiger partial charge >= 0.3 is 0 Å². The first-order valence-electron chi connectivity index (χ1n) is 5.01. The second-order valence-corrected chi connectivity index (χ2v) is 4.28. The van der Waals surface area contributed by atoms with E-state index in [1.54, 1.807) is 30.1 Å². The number of aromatic nitrogens is 3. The lowest BCUT2D eigenvalue weighted by atomic mass is 10.3. The van der Waals surface area contributed by atoms with E-state index in [0.717, 1.165) is 11.3 Å². The number of aryl methyl sites for hydroxylation is 2. The van der Waals surface area contributed by atoms with Gasteiger partial charge in [0.05, 0.1) is 5.69 Å². The number of nitrogens with zero attached hydrogens (tertiary/aromatic N) is 3. The molecular formula is C11H11Cl2N3O. The average Bonchev–Trinajstić information content (AvgIpc) is 2.53. The highest BCUT2D eigenvalue weighted by atomic mass is 35.5. The molecule has 4 nitrogen and oxygen atoms in total. The summed E-state index contributed by atoms with van der Waals surface area (Å²) in [5, 5.41) is 5.11. The van der Waals surface area contributed by atoms with Crippen LogP contribution in [0, 0.1) is 6.92 Å². The van der Waals surface area contributed by atoms with Gasteiger partial charge in [0.2, 0.25) is 0 Å². The third-order valence-corrected chi connectivity index (χ3v) is 3.12. The monoisotopic (exact) mass is 271 g/mol. The minimum absolute atomic E-state index is 0.323. The summed E-state index contributed by atoms with van der Waals surface area (Å²) in [4.78, 5) is 3.93. The smallest absolute Gasteiger partial charge is 0.171 e. The van der Waals surface area contributed by atoms with Crippen molar-refractivity contribution in [3.05, 3.63) is 39.9 Å². The van der Waals surface area contributed by atoms with Crippen molar-refractivity contribution < 1.29 is 4.74 Å². The lowest BCUT2D eigenvalue weighted by molar-refractivity contribution is 0.304. The van der Waals surface area contributed by atoms with Crippen LogP contribution >= 0.6 is 23.2 Å². The fourth-order valence-corrected chi connectivity index (χ4v) is 1.87. The summed E-state index contributed by atoms with van der Waals surface area (Å²) >= 11 is 12.0. The Kier molecular flexibility index (Phi) is 3.54. The normalized spacial score (nSPS) is 10.6. The van der Waals surface area contributed by atoms with Gasteiger partial charge in [0.15, 0.2) is 10.9 Å². The van der Waals surface area contributed by atoms with E-state index < -0.39 is 0 Å². The molecule has 0 atom stereocenters. The van der Waals surface area contributed by atoms with Crippen molar-refractivity contribution >= 4 is 23.2 Å². The lowest BCUT2D eigenvalue weighted by Gasteiger charge is -2.06. The van der Waals surface area contributed by atoms with Crippen LogP contribution in [0.15, 0.2) is 18.3 Å².